The van der Waals surface area contributed by atoms with Crippen LogP contribution in [0.1, 0.15) is 13.8 Å². The number of hydrogen-bond donors (Lipinski definition) is 2. The molecule has 0 radical (unpaired) electrons. The van der Waals surface area contributed by atoms with Crippen molar-refractivity contribution in [2.75, 3.05) is 38.2 Å². The SMILES string of the molecule is CC(C)C1CN(C(=O)Nc2ccc3c(c2)OCCO3)CCN1C(=Nc1cccc(F)c1F)NC#N. The lowest BCUT2D eigenvalue weighted by Crippen LogP contribution is -2.60. The smallest absolute Gasteiger partial charge is 0.321 e. The van der Waals surface area contributed by atoms with E-state index >= 15 is 0 Å². The van der Waals surface area contributed by atoms with E-state index in [1.54, 1.807) is 23.1 Å². The van der Waals surface area contributed by atoms with E-state index in [2.05, 4.69) is 15.6 Å². The molecule has 35 heavy (non-hydrogen) atoms. The summed E-state index contributed by atoms with van der Waals surface area (Å²) >= 11 is 0. The molecule has 0 aliphatic carbocycles. The topological polar surface area (TPSA) is 102 Å². The van der Waals surface area contributed by atoms with E-state index in [9.17, 15) is 18.8 Å². The highest BCUT2D eigenvalue weighted by molar-refractivity contribution is 5.90. The Morgan fingerprint density at radius 3 is 2.69 bits per heavy atom. The quantitative estimate of drug-likeness (QED) is 0.298. The molecule has 4 rings (SSSR count). The third-order valence-corrected chi connectivity index (χ3v) is 5.87. The van der Waals surface area contributed by atoms with E-state index in [1.165, 1.54) is 12.1 Å². The highest BCUT2D eigenvalue weighted by Gasteiger charge is 2.34. The van der Waals surface area contributed by atoms with Crippen LogP contribution in [0, 0.1) is 29.0 Å². The van der Waals surface area contributed by atoms with Crippen LogP contribution in [0.15, 0.2) is 41.4 Å². The maximum absolute atomic E-state index is 14.2. The number of piperazine rings is 1. The van der Waals surface area contributed by atoms with Gasteiger partial charge in [-0.3, -0.25) is 5.32 Å². The molecule has 2 amide bonds. The lowest BCUT2D eigenvalue weighted by molar-refractivity contribution is 0.118. The monoisotopic (exact) mass is 484 g/mol. The summed E-state index contributed by atoms with van der Waals surface area (Å²) in [5.74, 6) is -0.751. The first kappa shape index (κ1) is 24.1. The molecule has 0 saturated carbocycles. The summed E-state index contributed by atoms with van der Waals surface area (Å²) in [5.41, 5.74) is 0.363. The first-order valence-corrected chi connectivity index (χ1v) is 11.3. The number of fused-ring (bicyclic) bond motifs is 1. The van der Waals surface area contributed by atoms with Gasteiger partial charge in [0, 0.05) is 31.4 Å². The molecule has 11 heteroatoms. The van der Waals surface area contributed by atoms with Crippen LogP contribution in [-0.2, 0) is 0 Å². The predicted molar refractivity (Wildman–Crippen MR) is 126 cm³/mol. The van der Waals surface area contributed by atoms with Crippen molar-refractivity contribution in [2.45, 2.75) is 19.9 Å². The Kier molecular flexibility index (Phi) is 7.19. The van der Waals surface area contributed by atoms with Crippen LogP contribution in [0.5, 0.6) is 11.5 Å². The number of nitrogens with one attached hydrogen (secondary N) is 2. The van der Waals surface area contributed by atoms with Gasteiger partial charge in [-0.15, -0.1) is 0 Å². The number of anilines is 1. The molecule has 2 aromatic carbocycles. The number of carbonyl (C=O) groups is 1. The van der Waals surface area contributed by atoms with E-state index in [0.29, 0.717) is 50.0 Å². The Morgan fingerprint density at radius 1 is 1.17 bits per heavy atom. The third-order valence-electron chi connectivity index (χ3n) is 5.87. The van der Waals surface area contributed by atoms with Gasteiger partial charge >= 0.3 is 6.03 Å². The zero-order valence-electron chi connectivity index (χ0n) is 19.4. The summed E-state index contributed by atoms with van der Waals surface area (Å²) in [7, 11) is 0. The van der Waals surface area contributed by atoms with E-state index in [4.69, 9.17) is 9.47 Å². The number of benzene rings is 2. The summed E-state index contributed by atoms with van der Waals surface area (Å²) in [6.07, 6.45) is 1.82. The normalized spacial score (nSPS) is 17.7. The van der Waals surface area contributed by atoms with Gasteiger partial charge in [0.15, 0.2) is 29.3 Å². The van der Waals surface area contributed by atoms with Crippen molar-refractivity contribution < 1.29 is 23.0 Å². The molecule has 0 spiro atoms. The maximum Gasteiger partial charge on any atom is 0.321 e. The summed E-state index contributed by atoms with van der Waals surface area (Å²) in [6, 6.07) is 8.39. The first-order chi connectivity index (χ1) is 16.9. The highest BCUT2D eigenvalue weighted by Crippen LogP contribution is 2.33. The number of hydrogen-bond acceptors (Lipinski definition) is 5. The number of aliphatic imine (C=N–C) groups is 1. The number of urea groups is 1. The molecule has 1 saturated heterocycles. The minimum absolute atomic E-state index is 0.0583. The van der Waals surface area contributed by atoms with Crippen molar-refractivity contribution in [2.24, 2.45) is 10.9 Å². The second-order valence-electron chi connectivity index (χ2n) is 8.48. The number of guanidine groups is 1. The molecule has 184 valence electrons. The number of amides is 2. The zero-order chi connectivity index (χ0) is 24.9. The first-order valence-electron chi connectivity index (χ1n) is 11.3. The molecule has 0 bridgehead atoms. The minimum atomic E-state index is -1.09. The van der Waals surface area contributed by atoms with Gasteiger partial charge in [-0.2, -0.15) is 5.26 Å². The molecule has 2 N–H and O–H groups in total. The Hall–Kier alpha value is -4.07. The fraction of sp³-hybridized carbons (Fsp3) is 0.375. The van der Waals surface area contributed by atoms with Gasteiger partial charge in [0.25, 0.3) is 0 Å². The number of nitriles is 1. The lowest BCUT2D eigenvalue weighted by Gasteiger charge is -2.44. The van der Waals surface area contributed by atoms with Gasteiger partial charge in [-0.25, -0.2) is 18.6 Å². The summed E-state index contributed by atoms with van der Waals surface area (Å²) in [6.45, 7) is 5.89. The summed E-state index contributed by atoms with van der Waals surface area (Å²) in [4.78, 5) is 20.7. The van der Waals surface area contributed by atoms with Crippen molar-refractivity contribution >= 4 is 23.4 Å². The lowest BCUT2D eigenvalue weighted by atomic mass is 10.00. The molecular weight excluding hydrogens is 458 g/mol. The number of nitrogens with zero attached hydrogens (tertiary/aromatic N) is 4. The van der Waals surface area contributed by atoms with Crippen molar-refractivity contribution in [1.29, 1.82) is 5.26 Å². The maximum atomic E-state index is 14.2. The van der Waals surface area contributed by atoms with E-state index in [-0.39, 0.29) is 29.6 Å². The molecular formula is C24H26F2N6O3. The van der Waals surface area contributed by atoms with E-state index in [1.807, 2.05) is 24.9 Å². The number of halogens is 2. The van der Waals surface area contributed by atoms with Crippen molar-refractivity contribution in [3.63, 3.8) is 0 Å². The van der Waals surface area contributed by atoms with Crippen molar-refractivity contribution in [3.8, 4) is 17.7 Å². The minimum Gasteiger partial charge on any atom is -0.486 e. The van der Waals surface area contributed by atoms with Crippen LogP contribution in [-0.4, -0.2) is 60.7 Å². The van der Waals surface area contributed by atoms with Crippen LogP contribution < -0.4 is 20.1 Å². The van der Waals surface area contributed by atoms with Crippen molar-refractivity contribution in [3.05, 3.63) is 48.0 Å². The number of carbonyl (C=O) groups excluding carboxylic acids is 1. The molecule has 2 aliphatic heterocycles. The molecule has 1 atom stereocenters. The number of rotatable bonds is 3. The van der Waals surface area contributed by atoms with Gasteiger partial charge in [0.2, 0.25) is 5.96 Å². The third kappa shape index (κ3) is 5.37. The van der Waals surface area contributed by atoms with Crippen LogP contribution in [0.3, 0.4) is 0 Å². The highest BCUT2D eigenvalue weighted by atomic mass is 19.2. The van der Waals surface area contributed by atoms with Crippen LogP contribution in [0.2, 0.25) is 0 Å². The fourth-order valence-electron chi connectivity index (χ4n) is 4.06. The average molecular weight is 485 g/mol. The van der Waals surface area contributed by atoms with Crippen LogP contribution in [0.25, 0.3) is 0 Å². The largest absolute Gasteiger partial charge is 0.486 e. The van der Waals surface area contributed by atoms with Gasteiger partial charge in [0.05, 0.1) is 6.04 Å². The second-order valence-corrected chi connectivity index (χ2v) is 8.48. The van der Waals surface area contributed by atoms with Gasteiger partial charge in [-0.05, 0) is 30.2 Å². The fourth-order valence-corrected chi connectivity index (χ4v) is 4.06. The zero-order valence-corrected chi connectivity index (χ0v) is 19.4. The molecule has 1 unspecified atom stereocenters. The average Bonchev–Trinajstić information content (AvgIpc) is 2.86. The summed E-state index contributed by atoms with van der Waals surface area (Å²) in [5, 5.41) is 14.6. The van der Waals surface area contributed by atoms with Gasteiger partial charge in [0.1, 0.15) is 18.9 Å². The van der Waals surface area contributed by atoms with Gasteiger partial charge < -0.3 is 24.6 Å². The number of ether oxygens (including phenoxy) is 2. The molecule has 2 aliphatic rings. The predicted octanol–water partition coefficient (Wildman–Crippen LogP) is 3.67. The van der Waals surface area contributed by atoms with Crippen LogP contribution >= 0.6 is 0 Å². The molecule has 2 heterocycles. The van der Waals surface area contributed by atoms with E-state index < -0.39 is 11.6 Å². The summed E-state index contributed by atoms with van der Waals surface area (Å²) < 4.78 is 39.0. The molecule has 9 nitrogen and oxygen atoms in total. The Balaban J connectivity index is 1.50. The van der Waals surface area contributed by atoms with Crippen LogP contribution in [0.4, 0.5) is 25.0 Å². The second kappa shape index (κ2) is 10.5. The van der Waals surface area contributed by atoms with Crippen molar-refractivity contribution in [1.82, 2.24) is 15.1 Å². The van der Waals surface area contributed by atoms with E-state index in [0.717, 1.165) is 6.07 Å². The Bertz CT molecular complexity index is 1170. The standard InChI is InChI=1S/C24H26F2N6O3/c1-15(2)19-13-31(24(33)29-16-6-7-20-21(12-16)35-11-10-34-20)8-9-32(19)23(28-14-27)30-18-5-3-4-17(25)22(18)26/h3-7,12,15,19H,8-11,13H2,1-2H3,(H,28,30)(H,29,33). The molecule has 0 aromatic heterocycles. The molecule has 1 fully saturated rings. The molecule has 2 aromatic rings. The Labute approximate surface area is 201 Å². The van der Waals surface area contributed by atoms with Gasteiger partial charge in [-0.1, -0.05) is 19.9 Å². The Morgan fingerprint density at radius 2 is 1.94 bits per heavy atom.